The lowest BCUT2D eigenvalue weighted by Crippen LogP contribution is -2.25. The predicted molar refractivity (Wildman–Crippen MR) is 114 cm³/mol. The molecule has 1 N–H and O–H groups in total. The van der Waals surface area contributed by atoms with E-state index in [4.69, 9.17) is 13.9 Å². The van der Waals surface area contributed by atoms with Gasteiger partial charge >= 0.3 is 0 Å². The molecule has 7 nitrogen and oxygen atoms in total. The monoisotopic (exact) mass is 405 g/mol. The third-order valence-electron chi connectivity index (χ3n) is 4.84. The molecule has 0 saturated heterocycles. The molecule has 30 heavy (non-hydrogen) atoms. The summed E-state index contributed by atoms with van der Waals surface area (Å²) in [5.74, 6) is 2.45. The molecule has 0 spiro atoms. The maximum absolute atomic E-state index is 12.7. The summed E-state index contributed by atoms with van der Waals surface area (Å²) in [6, 6.07) is 17.3. The number of rotatable bonds is 8. The van der Waals surface area contributed by atoms with Gasteiger partial charge in [-0.05, 0) is 23.8 Å². The maximum atomic E-state index is 12.7. The van der Waals surface area contributed by atoms with Gasteiger partial charge in [-0.2, -0.15) is 0 Å². The largest absolute Gasteiger partial charge is 0.493 e. The minimum Gasteiger partial charge on any atom is -0.493 e. The highest BCUT2D eigenvalue weighted by Crippen LogP contribution is 2.30. The Morgan fingerprint density at radius 1 is 0.967 bits per heavy atom. The minimum atomic E-state index is -0.214. The average Bonchev–Trinajstić information content (AvgIpc) is 3.26. The van der Waals surface area contributed by atoms with Crippen molar-refractivity contribution in [2.45, 2.75) is 19.6 Å². The molecular weight excluding hydrogens is 382 g/mol. The number of methoxy groups -OCH3 is 2. The van der Waals surface area contributed by atoms with Crippen LogP contribution in [0.1, 0.15) is 17.1 Å². The number of hydrogen-bond acceptors (Lipinski definition) is 6. The van der Waals surface area contributed by atoms with E-state index < -0.39 is 0 Å². The molecule has 0 aliphatic heterocycles. The Morgan fingerprint density at radius 3 is 2.43 bits per heavy atom. The van der Waals surface area contributed by atoms with Crippen LogP contribution in [0, 0.1) is 0 Å². The Hall–Kier alpha value is -3.58. The number of benzene rings is 2. The molecule has 0 aliphatic carbocycles. The number of nitrogens with one attached hydrogen (secondary N) is 1. The molecule has 0 amide bonds. The third kappa shape index (κ3) is 4.36. The van der Waals surface area contributed by atoms with E-state index in [0.717, 1.165) is 5.76 Å². The third-order valence-corrected chi connectivity index (χ3v) is 4.84. The quantitative estimate of drug-likeness (QED) is 0.481. The summed E-state index contributed by atoms with van der Waals surface area (Å²) in [6.07, 6.45) is 1.66. The second-order valence-corrected chi connectivity index (χ2v) is 6.95. The van der Waals surface area contributed by atoms with Crippen molar-refractivity contribution in [1.29, 1.82) is 0 Å². The van der Waals surface area contributed by atoms with Crippen LogP contribution in [0.3, 0.4) is 0 Å². The van der Waals surface area contributed by atoms with Crippen molar-refractivity contribution in [1.82, 2.24) is 14.9 Å². The molecule has 154 valence electrons. The number of ether oxygens (including phenoxy) is 2. The summed E-state index contributed by atoms with van der Waals surface area (Å²) in [6.45, 7) is 1.74. The van der Waals surface area contributed by atoms with Crippen LogP contribution < -0.4 is 15.0 Å². The number of aromatic nitrogens is 2. The minimum absolute atomic E-state index is 0.214. The van der Waals surface area contributed by atoms with E-state index in [1.807, 2.05) is 30.3 Å². The zero-order chi connectivity index (χ0) is 20.9. The summed E-state index contributed by atoms with van der Waals surface area (Å²) in [5, 5.41) is 0.456. The molecule has 0 aliphatic rings. The zero-order valence-electron chi connectivity index (χ0n) is 16.9. The number of furan rings is 1. The Balaban J connectivity index is 1.66. The van der Waals surface area contributed by atoms with Gasteiger partial charge in [0, 0.05) is 12.6 Å². The lowest BCUT2D eigenvalue weighted by Gasteiger charge is -2.21. The van der Waals surface area contributed by atoms with Crippen molar-refractivity contribution in [3.05, 3.63) is 88.4 Å². The van der Waals surface area contributed by atoms with Gasteiger partial charge in [0.1, 0.15) is 11.6 Å². The summed E-state index contributed by atoms with van der Waals surface area (Å²) in [4.78, 5) is 22.4. The summed E-state index contributed by atoms with van der Waals surface area (Å²) in [5.41, 5.74) is 1.51. The fraction of sp³-hybridized carbons (Fsp3) is 0.217. The van der Waals surface area contributed by atoms with Gasteiger partial charge in [-0.3, -0.25) is 9.69 Å². The van der Waals surface area contributed by atoms with Gasteiger partial charge in [0.15, 0.2) is 11.5 Å². The van der Waals surface area contributed by atoms with Crippen molar-refractivity contribution in [2.75, 3.05) is 14.2 Å². The molecule has 2 aromatic heterocycles. The van der Waals surface area contributed by atoms with E-state index in [0.29, 0.717) is 47.9 Å². The standard InChI is InChI=1S/C23H23N3O4/c1-28-20-11-18-19(12-21(20)29-2)24-22(25-23(18)27)15-26(14-17-9-6-10-30-17)13-16-7-4-3-5-8-16/h3-12H,13-15H2,1-2H3,(H,24,25,27). The lowest BCUT2D eigenvalue weighted by molar-refractivity contribution is 0.221. The second-order valence-electron chi connectivity index (χ2n) is 6.95. The number of aromatic amines is 1. The van der Waals surface area contributed by atoms with Crippen LogP contribution >= 0.6 is 0 Å². The molecule has 0 atom stereocenters. The van der Waals surface area contributed by atoms with Crippen LogP contribution in [0.4, 0.5) is 0 Å². The molecular formula is C23H23N3O4. The van der Waals surface area contributed by atoms with Gasteiger partial charge in [-0.25, -0.2) is 4.98 Å². The molecule has 4 rings (SSSR count). The first-order valence-corrected chi connectivity index (χ1v) is 9.60. The van der Waals surface area contributed by atoms with E-state index in [1.165, 1.54) is 12.7 Å². The normalized spacial score (nSPS) is 11.2. The maximum Gasteiger partial charge on any atom is 0.258 e. The smallest absolute Gasteiger partial charge is 0.258 e. The van der Waals surface area contributed by atoms with Crippen LogP contribution in [0.25, 0.3) is 10.9 Å². The highest BCUT2D eigenvalue weighted by atomic mass is 16.5. The van der Waals surface area contributed by atoms with Crippen molar-refractivity contribution < 1.29 is 13.9 Å². The van der Waals surface area contributed by atoms with Crippen LogP contribution in [0.2, 0.25) is 0 Å². The highest BCUT2D eigenvalue weighted by Gasteiger charge is 2.15. The predicted octanol–water partition coefficient (Wildman–Crippen LogP) is 3.74. The molecule has 4 aromatic rings. The first-order chi connectivity index (χ1) is 14.7. The van der Waals surface area contributed by atoms with Crippen molar-refractivity contribution >= 4 is 10.9 Å². The molecule has 7 heteroatoms. The van der Waals surface area contributed by atoms with Crippen LogP contribution in [0.5, 0.6) is 11.5 Å². The zero-order valence-corrected chi connectivity index (χ0v) is 16.9. The fourth-order valence-electron chi connectivity index (χ4n) is 3.43. The average molecular weight is 405 g/mol. The number of hydrogen-bond donors (Lipinski definition) is 1. The van der Waals surface area contributed by atoms with Crippen molar-refractivity contribution in [3.8, 4) is 11.5 Å². The van der Waals surface area contributed by atoms with Gasteiger partial charge in [0.25, 0.3) is 5.56 Å². The Bertz CT molecular complexity index is 1170. The first kappa shape index (κ1) is 19.7. The SMILES string of the molecule is COc1cc2nc(CN(Cc3ccccc3)Cc3ccco3)[nH]c(=O)c2cc1OC. The molecule has 0 bridgehead atoms. The Morgan fingerprint density at radius 2 is 1.73 bits per heavy atom. The molecule has 0 fully saturated rings. The van der Waals surface area contributed by atoms with Gasteiger partial charge < -0.3 is 18.9 Å². The summed E-state index contributed by atoms with van der Waals surface area (Å²) < 4.78 is 16.2. The van der Waals surface area contributed by atoms with Crippen molar-refractivity contribution in [3.63, 3.8) is 0 Å². The van der Waals surface area contributed by atoms with Crippen LogP contribution in [-0.4, -0.2) is 29.1 Å². The Kier molecular flexibility index (Phi) is 5.81. The second kappa shape index (κ2) is 8.84. The van der Waals surface area contributed by atoms with E-state index in [1.54, 1.807) is 25.5 Å². The summed E-state index contributed by atoms with van der Waals surface area (Å²) >= 11 is 0. The van der Waals surface area contributed by atoms with Crippen LogP contribution in [0.15, 0.2) is 70.1 Å². The Labute approximate surface area is 173 Å². The van der Waals surface area contributed by atoms with E-state index in [2.05, 4.69) is 27.0 Å². The summed E-state index contributed by atoms with van der Waals surface area (Å²) in [7, 11) is 3.10. The van der Waals surface area contributed by atoms with E-state index >= 15 is 0 Å². The number of fused-ring (bicyclic) bond motifs is 1. The van der Waals surface area contributed by atoms with E-state index in [9.17, 15) is 4.79 Å². The van der Waals surface area contributed by atoms with Gasteiger partial charge in [0.05, 0.1) is 44.5 Å². The fourth-order valence-corrected chi connectivity index (χ4v) is 3.43. The molecule has 2 aromatic carbocycles. The van der Waals surface area contributed by atoms with Gasteiger partial charge in [-0.1, -0.05) is 30.3 Å². The van der Waals surface area contributed by atoms with E-state index in [-0.39, 0.29) is 5.56 Å². The van der Waals surface area contributed by atoms with Gasteiger partial charge in [-0.15, -0.1) is 0 Å². The lowest BCUT2D eigenvalue weighted by atomic mass is 10.2. The van der Waals surface area contributed by atoms with Gasteiger partial charge in [0.2, 0.25) is 0 Å². The molecule has 0 radical (unpaired) electrons. The number of nitrogens with zero attached hydrogens (tertiary/aromatic N) is 2. The molecule has 0 saturated carbocycles. The highest BCUT2D eigenvalue weighted by molar-refractivity contribution is 5.81. The first-order valence-electron chi connectivity index (χ1n) is 9.60. The molecule has 2 heterocycles. The number of H-pyrrole nitrogens is 1. The topological polar surface area (TPSA) is 80.6 Å². The van der Waals surface area contributed by atoms with Crippen molar-refractivity contribution in [2.24, 2.45) is 0 Å². The molecule has 0 unspecified atom stereocenters. The van der Waals surface area contributed by atoms with Crippen LogP contribution in [-0.2, 0) is 19.6 Å².